The van der Waals surface area contributed by atoms with Crippen molar-refractivity contribution in [2.45, 2.75) is 12.8 Å². The zero-order valence-electron chi connectivity index (χ0n) is 20.9. The number of para-hydroxylation sites is 1. The van der Waals surface area contributed by atoms with Crippen molar-refractivity contribution in [2.24, 2.45) is 0 Å². The van der Waals surface area contributed by atoms with Crippen LogP contribution in [-0.4, -0.2) is 0 Å². The standard InChI is InChI=1S/C37H24N/c1-4-10-30-23(7-1)13-14-25-19-27(15-17-31(25)30)36-32-11-5-2-8-24(32)20-28-22-35-33(37(28)36)18-16-29-21-26-9-3-6-12-34(26)38(29)35/h1-20H,21-22H2/q+1. The molecule has 2 heterocycles. The molecular weight excluding hydrogens is 458 g/mol. The summed E-state index contributed by atoms with van der Waals surface area (Å²) < 4.78 is 2.53. The third-order valence-electron chi connectivity index (χ3n) is 8.71. The van der Waals surface area contributed by atoms with Crippen molar-refractivity contribution in [3.8, 4) is 27.9 Å². The van der Waals surface area contributed by atoms with Gasteiger partial charge in [0.1, 0.15) is 0 Å². The van der Waals surface area contributed by atoms with Gasteiger partial charge in [-0.2, -0.15) is 4.57 Å². The maximum absolute atomic E-state index is 2.53. The number of aromatic nitrogens is 1. The summed E-state index contributed by atoms with van der Waals surface area (Å²) in [7, 11) is 0. The lowest BCUT2D eigenvalue weighted by atomic mass is 9.88. The molecule has 0 radical (unpaired) electrons. The quantitative estimate of drug-likeness (QED) is 0.163. The van der Waals surface area contributed by atoms with Gasteiger partial charge in [0.25, 0.3) is 0 Å². The van der Waals surface area contributed by atoms with E-state index in [1.54, 1.807) is 0 Å². The number of hydrogen-bond acceptors (Lipinski definition) is 0. The van der Waals surface area contributed by atoms with E-state index in [2.05, 4.69) is 126 Å². The van der Waals surface area contributed by atoms with E-state index in [0.717, 1.165) is 12.8 Å². The maximum atomic E-state index is 2.53. The van der Waals surface area contributed by atoms with Gasteiger partial charge in [0.2, 0.25) is 5.69 Å². The Morgan fingerprint density at radius 3 is 2.16 bits per heavy atom. The van der Waals surface area contributed by atoms with Gasteiger partial charge in [-0.25, -0.2) is 0 Å². The fraction of sp³-hybridized carbons (Fsp3) is 0.0541. The summed E-state index contributed by atoms with van der Waals surface area (Å²) in [5.41, 5.74) is 12.4. The zero-order valence-corrected chi connectivity index (χ0v) is 20.9. The number of rotatable bonds is 1. The number of fused-ring (bicyclic) bond motifs is 11. The molecule has 9 rings (SSSR count). The van der Waals surface area contributed by atoms with E-state index in [9.17, 15) is 0 Å². The molecule has 0 spiro atoms. The molecule has 0 N–H and O–H groups in total. The van der Waals surface area contributed by atoms with Crippen LogP contribution in [0.2, 0.25) is 0 Å². The molecule has 1 aliphatic carbocycles. The van der Waals surface area contributed by atoms with Crippen LogP contribution < -0.4 is 4.57 Å². The third-order valence-corrected chi connectivity index (χ3v) is 8.71. The summed E-state index contributed by atoms with van der Waals surface area (Å²) in [6, 6.07) is 45.2. The van der Waals surface area contributed by atoms with Crippen molar-refractivity contribution in [2.75, 3.05) is 0 Å². The molecule has 6 aromatic carbocycles. The van der Waals surface area contributed by atoms with Gasteiger partial charge in [-0.05, 0) is 67.2 Å². The van der Waals surface area contributed by atoms with E-state index in [-0.39, 0.29) is 0 Å². The highest BCUT2D eigenvalue weighted by Gasteiger charge is 2.37. The topological polar surface area (TPSA) is 3.88 Å². The number of hydrogen-bond donors (Lipinski definition) is 0. The molecule has 0 amide bonds. The SMILES string of the molecule is c1ccc2c(c1)Cc1ccc3c([n+]1-2)Cc1cc2ccccc2c(-c2ccc4c(ccc5ccccc54)c2)c1-3. The molecule has 1 nitrogen and oxygen atoms in total. The Balaban J connectivity index is 1.34. The van der Waals surface area contributed by atoms with Crippen LogP contribution in [0.15, 0.2) is 121 Å². The van der Waals surface area contributed by atoms with Gasteiger partial charge in [-0.3, -0.25) is 0 Å². The summed E-state index contributed by atoms with van der Waals surface area (Å²) in [6.07, 6.45) is 1.97. The van der Waals surface area contributed by atoms with E-state index < -0.39 is 0 Å². The van der Waals surface area contributed by atoms with Gasteiger partial charge in [0.05, 0.1) is 18.4 Å². The second-order valence-corrected chi connectivity index (χ2v) is 10.7. The molecule has 2 aliphatic rings. The fourth-order valence-corrected chi connectivity index (χ4v) is 7.06. The summed E-state index contributed by atoms with van der Waals surface area (Å²) >= 11 is 0. The van der Waals surface area contributed by atoms with E-state index in [1.165, 1.54) is 82.8 Å². The van der Waals surface area contributed by atoms with Crippen molar-refractivity contribution < 1.29 is 4.57 Å². The van der Waals surface area contributed by atoms with E-state index in [0.29, 0.717) is 0 Å². The number of pyridine rings is 1. The lowest BCUT2D eigenvalue weighted by Crippen LogP contribution is -2.36. The Hall–Kier alpha value is -4.75. The second kappa shape index (κ2) is 7.40. The van der Waals surface area contributed by atoms with Crippen LogP contribution >= 0.6 is 0 Å². The van der Waals surface area contributed by atoms with Gasteiger partial charge < -0.3 is 0 Å². The summed E-state index contributed by atoms with van der Waals surface area (Å²) in [5.74, 6) is 0. The van der Waals surface area contributed by atoms with Crippen molar-refractivity contribution in [1.29, 1.82) is 0 Å². The molecule has 0 saturated heterocycles. The van der Waals surface area contributed by atoms with Crippen LogP contribution in [0.4, 0.5) is 0 Å². The summed E-state index contributed by atoms with van der Waals surface area (Å²) in [6.45, 7) is 0. The Bertz CT molecular complexity index is 2130. The predicted molar refractivity (Wildman–Crippen MR) is 157 cm³/mol. The van der Waals surface area contributed by atoms with Crippen LogP contribution in [0.25, 0.3) is 60.3 Å². The highest BCUT2D eigenvalue weighted by molar-refractivity contribution is 6.11. The molecule has 1 heteroatoms. The molecular formula is C37H24N+. The van der Waals surface area contributed by atoms with Crippen LogP contribution in [0.5, 0.6) is 0 Å². The lowest BCUT2D eigenvalue weighted by molar-refractivity contribution is -0.604. The number of nitrogens with zero attached hydrogens (tertiary/aromatic N) is 1. The Morgan fingerprint density at radius 2 is 1.21 bits per heavy atom. The fourth-order valence-electron chi connectivity index (χ4n) is 7.06. The summed E-state index contributed by atoms with van der Waals surface area (Å²) in [5, 5.41) is 7.85. The van der Waals surface area contributed by atoms with E-state index >= 15 is 0 Å². The minimum absolute atomic E-state index is 0.961. The van der Waals surface area contributed by atoms with Crippen LogP contribution in [0.3, 0.4) is 0 Å². The minimum atomic E-state index is 0.961. The summed E-state index contributed by atoms with van der Waals surface area (Å²) in [4.78, 5) is 0. The van der Waals surface area contributed by atoms with Crippen LogP contribution in [-0.2, 0) is 12.8 Å². The first-order chi connectivity index (χ1) is 18.8. The molecule has 1 aromatic heterocycles. The Morgan fingerprint density at radius 1 is 0.474 bits per heavy atom. The maximum Gasteiger partial charge on any atom is 0.214 e. The van der Waals surface area contributed by atoms with Crippen molar-refractivity contribution in [3.63, 3.8) is 0 Å². The van der Waals surface area contributed by atoms with Gasteiger partial charge >= 0.3 is 0 Å². The zero-order chi connectivity index (χ0) is 24.8. The molecule has 176 valence electrons. The number of benzene rings is 6. The third kappa shape index (κ3) is 2.68. The van der Waals surface area contributed by atoms with Crippen molar-refractivity contribution in [1.82, 2.24) is 0 Å². The Kier molecular flexibility index (Phi) is 3.96. The normalized spacial score (nSPS) is 13.1. The smallest absolute Gasteiger partial charge is 0.160 e. The first-order valence-corrected chi connectivity index (χ1v) is 13.5. The highest BCUT2D eigenvalue weighted by atomic mass is 15.0. The second-order valence-electron chi connectivity index (χ2n) is 10.7. The largest absolute Gasteiger partial charge is 0.214 e. The highest BCUT2D eigenvalue weighted by Crippen LogP contribution is 2.47. The van der Waals surface area contributed by atoms with Gasteiger partial charge in [-0.1, -0.05) is 91.0 Å². The first kappa shape index (κ1) is 20.3. The van der Waals surface area contributed by atoms with Gasteiger partial charge in [0.15, 0.2) is 11.4 Å². The molecule has 0 atom stereocenters. The van der Waals surface area contributed by atoms with Crippen molar-refractivity contribution >= 4 is 32.3 Å². The average Bonchev–Trinajstić information content (AvgIpc) is 3.53. The molecule has 0 saturated carbocycles. The molecule has 38 heavy (non-hydrogen) atoms. The van der Waals surface area contributed by atoms with E-state index in [4.69, 9.17) is 0 Å². The molecule has 1 aliphatic heterocycles. The van der Waals surface area contributed by atoms with Gasteiger partial charge in [-0.15, -0.1) is 0 Å². The Labute approximate surface area is 221 Å². The predicted octanol–water partition coefficient (Wildman–Crippen LogP) is 8.57. The van der Waals surface area contributed by atoms with Gasteiger partial charge in [0, 0.05) is 23.3 Å². The van der Waals surface area contributed by atoms with Crippen LogP contribution in [0.1, 0.15) is 22.5 Å². The first-order valence-electron chi connectivity index (χ1n) is 13.5. The minimum Gasteiger partial charge on any atom is -0.160 e. The molecule has 7 aromatic rings. The lowest BCUT2D eigenvalue weighted by Gasteiger charge is -2.15. The van der Waals surface area contributed by atoms with Crippen LogP contribution in [0, 0.1) is 0 Å². The monoisotopic (exact) mass is 482 g/mol. The van der Waals surface area contributed by atoms with Crippen molar-refractivity contribution in [3.05, 3.63) is 144 Å². The molecule has 0 unspecified atom stereocenters. The van der Waals surface area contributed by atoms with E-state index in [1.807, 2.05) is 0 Å². The average molecular weight is 483 g/mol. The molecule has 0 fully saturated rings. The molecule has 0 bridgehead atoms.